The molecule has 1 aliphatic heterocycles. The fourth-order valence-electron chi connectivity index (χ4n) is 3.71. The van der Waals surface area contributed by atoms with E-state index >= 15 is 0 Å². The van der Waals surface area contributed by atoms with Crippen molar-refractivity contribution in [2.75, 3.05) is 15.7 Å². The number of rotatable bonds is 6. The van der Waals surface area contributed by atoms with E-state index in [1.165, 1.54) is 24.3 Å². The monoisotopic (exact) mass is 481 g/mol. The zero-order valence-electron chi connectivity index (χ0n) is 18.7. The van der Waals surface area contributed by atoms with Crippen molar-refractivity contribution in [3.63, 3.8) is 0 Å². The number of para-hydroxylation sites is 1. The summed E-state index contributed by atoms with van der Waals surface area (Å²) in [6, 6.07) is 17.7. The van der Waals surface area contributed by atoms with E-state index in [2.05, 4.69) is 5.32 Å². The molecule has 176 valence electrons. The van der Waals surface area contributed by atoms with Gasteiger partial charge in [0.15, 0.2) is 0 Å². The van der Waals surface area contributed by atoms with Gasteiger partial charge in [0.05, 0.1) is 11.4 Å². The van der Waals surface area contributed by atoms with E-state index in [0.717, 1.165) is 14.8 Å². The van der Waals surface area contributed by atoms with Crippen molar-refractivity contribution in [1.82, 2.24) is 5.32 Å². The minimum Gasteiger partial charge on any atom is -0.350 e. The van der Waals surface area contributed by atoms with Crippen LogP contribution in [0.5, 0.6) is 0 Å². The summed E-state index contributed by atoms with van der Waals surface area (Å²) >= 11 is 0. The smallest absolute Gasteiger partial charge is 0.343 e. The van der Waals surface area contributed by atoms with Crippen LogP contribution >= 0.6 is 0 Å². The van der Waals surface area contributed by atoms with Gasteiger partial charge in [-0.25, -0.2) is 17.6 Å². The average Bonchev–Trinajstić information content (AvgIpc) is 2.82. The number of urea groups is 1. The van der Waals surface area contributed by atoms with Crippen molar-refractivity contribution in [2.45, 2.75) is 31.2 Å². The van der Waals surface area contributed by atoms with Gasteiger partial charge < -0.3 is 5.32 Å². The standard InChI is InChI=1S/C25H24FN3O4S/c1-17(2)19-9-13-21(14-10-19)29-25(31)28(22-5-3-4-6-23(22)34(29,32)33)16-24(30)27-15-18-7-11-20(26)12-8-18/h3-14,17H,15-16H2,1-2H3,(H,27,30). The Morgan fingerprint density at radius 1 is 0.971 bits per heavy atom. The summed E-state index contributed by atoms with van der Waals surface area (Å²) in [5, 5.41) is 2.69. The van der Waals surface area contributed by atoms with Gasteiger partial charge >= 0.3 is 6.03 Å². The summed E-state index contributed by atoms with van der Waals surface area (Å²) in [4.78, 5) is 27.2. The predicted octanol–water partition coefficient (Wildman–Crippen LogP) is 4.40. The van der Waals surface area contributed by atoms with E-state index in [1.807, 2.05) is 13.8 Å². The number of benzene rings is 3. The number of amides is 3. The second-order valence-corrected chi connectivity index (χ2v) is 10.0. The number of nitrogens with one attached hydrogen (secondary N) is 1. The minimum absolute atomic E-state index is 0.0612. The molecule has 3 aromatic carbocycles. The zero-order chi connectivity index (χ0) is 24.5. The number of hydrogen-bond acceptors (Lipinski definition) is 4. The van der Waals surface area contributed by atoms with Gasteiger partial charge in [-0.2, -0.15) is 4.31 Å². The molecule has 0 spiro atoms. The van der Waals surface area contributed by atoms with Crippen LogP contribution < -0.4 is 14.5 Å². The van der Waals surface area contributed by atoms with Gasteiger partial charge in [-0.1, -0.05) is 50.2 Å². The van der Waals surface area contributed by atoms with Gasteiger partial charge in [0, 0.05) is 6.54 Å². The van der Waals surface area contributed by atoms with Crippen molar-refractivity contribution >= 4 is 33.3 Å². The fourth-order valence-corrected chi connectivity index (χ4v) is 5.30. The summed E-state index contributed by atoms with van der Waals surface area (Å²) in [6.07, 6.45) is 0. The highest BCUT2D eigenvalue weighted by Gasteiger charge is 2.43. The number of fused-ring (bicyclic) bond motifs is 1. The molecule has 34 heavy (non-hydrogen) atoms. The summed E-state index contributed by atoms with van der Waals surface area (Å²) in [6.45, 7) is 3.79. The first-order chi connectivity index (χ1) is 16.2. The van der Waals surface area contributed by atoms with Crippen LogP contribution in [-0.2, 0) is 21.4 Å². The van der Waals surface area contributed by atoms with Crippen molar-refractivity contribution in [3.8, 4) is 0 Å². The van der Waals surface area contributed by atoms with Crippen LogP contribution in [0.15, 0.2) is 77.7 Å². The molecular formula is C25H24FN3O4S. The summed E-state index contributed by atoms with van der Waals surface area (Å²) in [7, 11) is -4.17. The summed E-state index contributed by atoms with van der Waals surface area (Å²) in [5.41, 5.74) is 2.03. The highest BCUT2D eigenvalue weighted by atomic mass is 32.2. The van der Waals surface area contributed by atoms with E-state index in [0.29, 0.717) is 5.56 Å². The molecule has 0 aliphatic carbocycles. The van der Waals surface area contributed by atoms with Gasteiger partial charge in [0.1, 0.15) is 17.3 Å². The van der Waals surface area contributed by atoms with Gasteiger partial charge in [-0.3, -0.25) is 9.69 Å². The number of carbonyl (C=O) groups is 2. The highest BCUT2D eigenvalue weighted by molar-refractivity contribution is 7.94. The first-order valence-electron chi connectivity index (χ1n) is 10.8. The third-order valence-corrected chi connectivity index (χ3v) is 7.33. The number of sulfonamides is 1. The quantitative estimate of drug-likeness (QED) is 0.565. The molecule has 1 heterocycles. The molecule has 4 rings (SSSR count). The largest absolute Gasteiger partial charge is 0.350 e. The van der Waals surface area contributed by atoms with Crippen LogP contribution in [0.3, 0.4) is 0 Å². The van der Waals surface area contributed by atoms with E-state index in [-0.39, 0.29) is 41.1 Å². The normalized spacial score (nSPS) is 14.8. The topological polar surface area (TPSA) is 86.8 Å². The van der Waals surface area contributed by atoms with Gasteiger partial charge in [-0.15, -0.1) is 0 Å². The lowest BCUT2D eigenvalue weighted by atomic mass is 10.0. The maximum Gasteiger partial charge on any atom is 0.343 e. The Hall–Kier alpha value is -3.72. The van der Waals surface area contributed by atoms with Crippen LogP contribution in [0.25, 0.3) is 0 Å². The third kappa shape index (κ3) is 4.51. The fraction of sp³-hybridized carbons (Fsp3) is 0.200. The maximum atomic E-state index is 13.4. The molecule has 1 N–H and O–H groups in total. The Morgan fingerprint density at radius 2 is 1.62 bits per heavy atom. The van der Waals surface area contributed by atoms with Crippen molar-refractivity contribution in [1.29, 1.82) is 0 Å². The molecule has 0 saturated carbocycles. The molecule has 0 bridgehead atoms. The molecule has 0 unspecified atom stereocenters. The molecule has 1 aliphatic rings. The average molecular weight is 482 g/mol. The summed E-state index contributed by atoms with van der Waals surface area (Å²) < 4.78 is 40.5. The molecule has 9 heteroatoms. The van der Waals surface area contributed by atoms with Gasteiger partial charge in [0.2, 0.25) is 5.91 Å². The van der Waals surface area contributed by atoms with Crippen molar-refractivity contribution < 1.29 is 22.4 Å². The first kappa shape index (κ1) is 23.4. The molecular weight excluding hydrogens is 457 g/mol. The lowest BCUT2D eigenvalue weighted by Crippen LogP contribution is -2.53. The van der Waals surface area contributed by atoms with Crippen LogP contribution in [0, 0.1) is 5.82 Å². The second-order valence-electron chi connectivity index (χ2n) is 8.26. The molecule has 0 radical (unpaired) electrons. The Bertz CT molecular complexity index is 1320. The van der Waals surface area contributed by atoms with Gasteiger partial charge in [-0.05, 0) is 53.4 Å². The Balaban J connectivity index is 1.63. The molecule has 3 aromatic rings. The molecule has 0 saturated heterocycles. The van der Waals surface area contributed by atoms with E-state index < -0.39 is 22.0 Å². The molecule has 3 amide bonds. The molecule has 7 nitrogen and oxygen atoms in total. The molecule has 0 atom stereocenters. The lowest BCUT2D eigenvalue weighted by Gasteiger charge is -2.35. The van der Waals surface area contributed by atoms with E-state index in [1.54, 1.807) is 48.5 Å². The Kier molecular flexibility index (Phi) is 6.39. The maximum absolute atomic E-state index is 13.4. The van der Waals surface area contributed by atoms with Crippen molar-refractivity contribution in [3.05, 3.63) is 89.7 Å². The number of nitrogens with zero attached hydrogens (tertiary/aromatic N) is 2. The second kappa shape index (κ2) is 9.26. The van der Waals surface area contributed by atoms with Crippen LogP contribution in [0.2, 0.25) is 0 Å². The highest BCUT2D eigenvalue weighted by Crippen LogP contribution is 2.37. The SMILES string of the molecule is CC(C)c1ccc(N2C(=O)N(CC(=O)NCc3ccc(F)cc3)c3ccccc3S2(=O)=O)cc1. The Labute approximate surface area is 197 Å². The molecule has 0 fully saturated rings. The Morgan fingerprint density at radius 3 is 2.26 bits per heavy atom. The number of anilines is 2. The lowest BCUT2D eigenvalue weighted by molar-refractivity contribution is -0.119. The van der Waals surface area contributed by atoms with Crippen LogP contribution in [0.1, 0.15) is 30.9 Å². The van der Waals surface area contributed by atoms with Crippen molar-refractivity contribution in [2.24, 2.45) is 0 Å². The van der Waals surface area contributed by atoms with E-state index in [9.17, 15) is 22.4 Å². The zero-order valence-corrected chi connectivity index (χ0v) is 19.5. The summed E-state index contributed by atoms with van der Waals surface area (Å²) in [5.74, 6) is -0.625. The predicted molar refractivity (Wildman–Crippen MR) is 128 cm³/mol. The molecule has 0 aromatic heterocycles. The van der Waals surface area contributed by atoms with Crippen LogP contribution in [0.4, 0.5) is 20.6 Å². The minimum atomic E-state index is -4.17. The first-order valence-corrected chi connectivity index (χ1v) is 12.2. The van der Waals surface area contributed by atoms with E-state index in [4.69, 9.17) is 0 Å². The van der Waals surface area contributed by atoms with Gasteiger partial charge in [0.25, 0.3) is 10.0 Å². The van der Waals surface area contributed by atoms with Crippen LogP contribution in [-0.4, -0.2) is 26.9 Å². The third-order valence-electron chi connectivity index (χ3n) is 5.58. The number of hydrogen-bond donors (Lipinski definition) is 1. The number of halogens is 1. The number of carbonyl (C=O) groups excluding carboxylic acids is 2.